The quantitative estimate of drug-likeness (QED) is 0.480. The van der Waals surface area contributed by atoms with E-state index >= 15 is 0 Å². The lowest BCUT2D eigenvalue weighted by Crippen LogP contribution is -1.97. The highest BCUT2D eigenvalue weighted by Crippen LogP contribution is 2.35. The van der Waals surface area contributed by atoms with Crippen LogP contribution in [0.5, 0.6) is 5.75 Å². The Morgan fingerprint density at radius 2 is 1.88 bits per heavy atom. The molecule has 124 valence electrons. The summed E-state index contributed by atoms with van der Waals surface area (Å²) >= 11 is 1.53. The van der Waals surface area contributed by atoms with Crippen molar-refractivity contribution in [3.63, 3.8) is 0 Å². The Bertz CT molecular complexity index is 1030. The number of nitrogens with zero attached hydrogens (tertiary/aromatic N) is 2. The first-order valence-electron chi connectivity index (χ1n) is 8.06. The highest BCUT2D eigenvalue weighted by molar-refractivity contribution is 7.15. The number of benzene rings is 2. The standard InChI is InChI=1S/C20H16N2O2S/c1-2-24-18-11-7-6-10-15(18)19-16(12-23)22-17(13-25-20(22)21-19)14-8-4-3-5-9-14/h3-13H,2H2,1H3. The fourth-order valence-electron chi connectivity index (χ4n) is 2.94. The molecule has 0 aliphatic carbocycles. The van der Waals surface area contributed by atoms with Crippen molar-refractivity contribution >= 4 is 22.6 Å². The van der Waals surface area contributed by atoms with Crippen LogP contribution in [0.1, 0.15) is 17.4 Å². The van der Waals surface area contributed by atoms with Crippen molar-refractivity contribution < 1.29 is 9.53 Å². The summed E-state index contributed by atoms with van der Waals surface area (Å²) in [5.74, 6) is 0.736. The third-order valence-corrected chi connectivity index (χ3v) is 4.85. The maximum Gasteiger partial charge on any atom is 0.195 e. The molecule has 0 fully saturated rings. The third-order valence-electron chi connectivity index (χ3n) is 4.02. The number of hydrogen-bond donors (Lipinski definition) is 0. The second kappa shape index (κ2) is 6.53. The Morgan fingerprint density at radius 3 is 2.64 bits per heavy atom. The van der Waals surface area contributed by atoms with E-state index in [-0.39, 0.29) is 0 Å². The average Bonchev–Trinajstić information content (AvgIpc) is 3.22. The molecule has 2 aromatic carbocycles. The van der Waals surface area contributed by atoms with Gasteiger partial charge in [-0.3, -0.25) is 9.20 Å². The largest absolute Gasteiger partial charge is 0.493 e. The van der Waals surface area contributed by atoms with Gasteiger partial charge in [-0.25, -0.2) is 4.98 Å². The minimum atomic E-state index is 0.544. The zero-order chi connectivity index (χ0) is 17.2. The van der Waals surface area contributed by atoms with Crippen molar-refractivity contribution in [1.29, 1.82) is 0 Å². The first-order valence-corrected chi connectivity index (χ1v) is 8.94. The monoisotopic (exact) mass is 348 g/mol. The lowest BCUT2D eigenvalue weighted by atomic mass is 10.1. The van der Waals surface area contributed by atoms with Crippen molar-refractivity contribution in [1.82, 2.24) is 9.38 Å². The molecule has 0 unspecified atom stereocenters. The van der Waals surface area contributed by atoms with Crippen molar-refractivity contribution in [3.05, 3.63) is 65.7 Å². The molecule has 4 aromatic rings. The molecular weight excluding hydrogens is 332 g/mol. The number of hydrogen-bond acceptors (Lipinski definition) is 4. The lowest BCUT2D eigenvalue weighted by Gasteiger charge is -2.08. The molecule has 4 nitrogen and oxygen atoms in total. The van der Waals surface area contributed by atoms with Gasteiger partial charge in [0.15, 0.2) is 11.2 Å². The third kappa shape index (κ3) is 2.62. The van der Waals surface area contributed by atoms with Gasteiger partial charge in [0.2, 0.25) is 0 Å². The maximum absolute atomic E-state index is 11.9. The fraction of sp³-hybridized carbons (Fsp3) is 0.100. The van der Waals surface area contributed by atoms with E-state index in [1.54, 1.807) is 0 Å². The molecule has 0 aliphatic heterocycles. The van der Waals surface area contributed by atoms with E-state index in [2.05, 4.69) is 0 Å². The van der Waals surface area contributed by atoms with Crippen LogP contribution in [0.25, 0.3) is 27.5 Å². The SMILES string of the molecule is CCOc1ccccc1-c1nc2scc(-c3ccccc3)n2c1C=O. The van der Waals surface area contributed by atoms with E-state index < -0.39 is 0 Å². The summed E-state index contributed by atoms with van der Waals surface area (Å²) in [6, 6.07) is 17.7. The predicted octanol–water partition coefficient (Wildman–Crippen LogP) is 4.94. The highest BCUT2D eigenvalue weighted by atomic mass is 32.1. The molecule has 0 N–H and O–H groups in total. The van der Waals surface area contributed by atoms with Crippen LogP contribution >= 0.6 is 11.3 Å². The van der Waals surface area contributed by atoms with Gasteiger partial charge in [-0.05, 0) is 24.6 Å². The number of carbonyl (C=O) groups is 1. The lowest BCUT2D eigenvalue weighted by molar-refractivity contribution is 0.111. The van der Waals surface area contributed by atoms with E-state index in [1.807, 2.05) is 71.3 Å². The highest BCUT2D eigenvalue weighted by Gasteiger charge is 2.20. The van der Waals surface area contributed by atoms with Crippen molar-refractivity contribution in [2.75, 3.05) is 6.61 Å². The molecule has 0 saturated carbocycles. The zero-order valence-electron chi connectivity index (χ0n) is 13.7. The summed E-state index contributed by atoms with van der Waals surface area (Å²) in [6.07, 6.45) is 0.872. The van der Waals surface area contributed by atoms with Crippen molar-refractivity contribution in [2.45, 2.75) is 6.92 Å². The summed E-state index contributed by atoms with van der Waals surface area (Å²) in [5.41, 5.74) is 4.06. The predicted molar refractivity (Wildman–Crippen MR) is 100 cm³/mol. The molecule has 0 atom stereocenters. The van der Waals surface area contributed by atoms with Crippen LogP contribution in [0.15, 0.2) is 60.0 Å². The van der Waals surface area contributed by atoms with E-state index in [0.29, 0.717) is 18.0 Å². The van der Waals surface area contributed by atoms with Crippen LogP contribution in [-0.2, 0) is 0 Å². The van der Waals surface area contributed by atoms with Crippen LogP contribution in [0.4, 0.5) is 0 Å². The molecule has 25 heavy (non-hydrogen) atoms. The van der Waals surface area contributed by atoms with E-state index in [9.17, 15) is 4.79 Å². The Hall–Kier alpha value is -2.92. The second-order valence-electron chi connectivity index (χ2n) is 5.50. The number of fused-ring (bicyclic) bond motifs is 1. The van der Waals surface area contributed by atoms with Gasteiger partial charge in [0.1, 0.15) is 17.1 Å². The molecule has 0 aliphatic rings. The fourth-order valence-corrected chi connectivity index (χ4v) is 3.85. The number of carbonyl (C=O) groups excluding carboxylic acids is 1. The zero-order valence-corrected chi connectivity index (χ0v) is 14.5. The van der Waals surface area contributed by atoms with E-state index in [4.69, 9.17) is 9.72 Å². The normalized spacial score (nSPS) is 10.9. The number of para-hydroxylation sites is 1. The Morgan fingerprint density at radius 1 is 1.12 bits per heavy atom. The first kappa shape index (κ1) is 15.6. The molecule has 5 heteroatoms. The summed E-state index contributed by atoms with van der Waals surface area (Å²) in [5, 5.41) is 2.03. The number of ether oxygens (including phenoxy) is 1. The molecule has 2 aromatic heterocycles. The molecule has 0 bridgehead atoms. The average molecular weight is 348 g/mol. The molecule has 0 spiro atoms. The number of aromatic nitrogens is 2. The minimum Gasteiger partial charge on any atom is -0.493 e. The molecule has 0 saturated heterocycles. The van der Waals surface area contributed by atoms with Crippen molar-refractivity contribution in [3.8, 4) is 28.3 Å². The summed E-state index contributed by atoms with van der Waals surface area (Å²) < 4.78 is 7.64. The van der Waals surface area contributed by atoms with Crippen LogP contribution in [-0.4, -0.2) is 22.3 Å². The van der Waals surface area contributed by atoms with Gasteiger partial charge in [-0.1, -0.05) is 42.5 Å². The Kier molecular flexibility index (Phi) is 4.07. The van der Waals surface area contributed by atoms with Gasteiger partial charge in [0, 0.05) is 10.9 Å². The Labute approximate surface area is 149 Å². The number of aldehydes is 1. The van der Waals surface area contributed by atoms with Crippen LogP contribution in [0.2, 0.25) is 0 Å². The van der Waals surface area contributed by atoms with E-state index in [0.717, 1.165) is 33.8 Å². The second-order valence-corrected chi connectivity index (χ2v) is 6.33. The van der Waals surface area contributed by atoms with Gasteiger partial charge in [0.25, 0.3) is 0 Å². The number of imidazole rings is 1. The van der Waals surface area contributed by atoms with Gasteiger partial charge in [-0.2, -0.15) is 0 Å². The summed E-state index contributed by atoms with van der Waals surface area (Å²) in [4.78, 5) is 17.4. The molecular formula is C20H16N2O2S. The maximum atomic E-state index is 11.9. The van der Waals surface area contributed by atoms with Crippen LogP contribution in [0, 0.1) is 0 Å². The molecule has 4 rings (SSSR count). The topological polar surface area (TPSA) is 43.6 Å². The molecule has 2 heterocycles. The smallest absolute Gasteiger partial charge is 0.195 e. The number of thiazole rings is 1. The first-order chi connectivity index (χ1) is 12.3. The van der Waals surface area contributed by atoms with Gasteiger partial charge < -0.3 is 4.74 Å². The van der Waals surface area contributed by atoms with E-state index in [1.165, 1.54) is 11.3 Å². The van der Waals surface area contributed by atoms with Crippen LogP contribution in [0.3, 0.4) is 0 Å². The molecule has 0 radical (unpaired) electrons. The number of rotatable bonds is 5. The van der Waals surface area contributed by atoms with Gasteiger partial charge in [-0.15, -0.1) is 11.3 Å². The summed E-state index contributed by atoms with van der Waals surface area (Å²) in [7, 11) is 0. The van der Waals surface area contributed by atoms with Crippen LogP contribution < -0.4 is 4.74 Å². The van der Waals surface area contributed by atoms with Gasteiger partial charge in [0.05, 0.1) is 12.3 Å². The van der Waals surface area contributed by atoms with Gasteiger partial charge >= 0.3 is 0 Å². The Balaban J connectivity index is 1.96. The molecule has 0 amide bonds. The van der Waals surface area contributed by atoms with Crippen molar-refractivity contribution in [2.24, 2.45) is 0 Å². The minimum absolute atomic E-state index is 0.544. The summed E-state index contributed by atoms with van der Waals surface area (Å²) in [6.45, 7) is 2.50.